The van der Waals surface area contributed by atoms with E-state index >= 15 is 0 Å². The van der Waals surface area contributed by atoms with Crippen LogP contribution in [0.15, 0.2) is 72.9 Å². The Hall–Kier alpha value is -3.01. The third-order valence-corrected chi connectivity index (χ3v) is 3.99. The minimum Gasteiger partial charge on any atom is -0.497 e. The van der Waals surface area contributed by atoms with E-state index in [0.29, 0.717) is 19.1 Å². The van der Waals surface area contributed by atoms with Gasteiger partial charge in [0.2, 0.25) is 0 Å². The molecule has 25 heavy (non-hydrogen) atoms. The first-order valence-electron chi connectivity index (χ1n) is 8.61. The smallest absolute Gasteiger partial charge is 0.129 e. The number of rotatable bonds is 7. The molecule has 4 heteroatoms. The van der Waals surface area contributed by atoms with E-state index in [-0.39, 0.29) is 0 Å². The number of aromatic nitrogens is 1. The Labute approximate surface area is 150 Å². The maximum absolute atomic E-state index is 7.66. The zero-order valence-electron chi connectivity index (χ0n) is 15.5. The maximum Gasteiger partial charge on any atom is 0.129 e. The Kier molecular flexibility index (Phi) is 5.09. The highest BCUT2D eigenvalue weighted by atomic mass is 16.5. The zero-order valence-corrected chi connectivity index (χ0v) is 14.5. The fourth-order valence-electron chi connectivity index (χ4n) is 2.62. The molecular weight excluding hydrogens is 312 g/mol. The largest absolute Gasteiger partial charge is 0.497 e. The topological polar surface area (TPSA) is 34.6 Å². The molecule has 0 unspecified atom stereocenters. The van der Waals surface area contributed by atoms with Gasteiger partial charge in [0, 0.05) is 19.3 Å². The first kappa shape index (κ1) is 15.5. The summed E-state index contributed by atoms with van der Waals surface area (Å²) in [5, 5.41) is 0. The highest BCUT2D eigenvalue weighted by Gasteiger charge is 2.10. The van der Waals surface area contributed by atoms with Crippen LogP contribution in [0.25, 0.3) is 0 Å². The van der Waals surface area contributed by atoms with Crippen LogP contribution in [-0.2, 0) is 13.1 Å². The third kappa shape index (κ3) is 4.51. The minimum atomic E-state index is 0.405. The van der Waals surface area contributed by atoms with Crippen LogP contribution in [0, 0.1) is 0 Å². The van der Waals surface area contributed by atoms with E-state index in [1.165, 1.54) is 0 Å². The van der Waals surface area contributed by atoms with Gasteiger partial charge in [0.15, 0.2) is 0 Å². The Bertz CT molecular complexity index is 769. The number of hydrogen-bond donors (Lipinski definition) is 0. The van der Waals surface area contributed by atoms with Crippen molar-refractivity contribution in [2.75, 3.05) is 19.1 Å². The Morgan fingerprint density at radius 3 is 1.76 bits per heavy atom. The molecule has 1 heterocycles. The summed E-state index contributed by atoms with van der Waals surface area (Å²) in [6.07, 6.45) is 1.57. The number of hydrogen-bond acceptors (Lipinski definition) is 4. The summed E-state index contributed by atoms with van der Waals surface area (Å²) in [6.45, 7) is 1.42. The van der Waals surface area contributed by atoms with Crippen molar-refractivity contribution < 1.29 is 10.8 Å². The van der Waals surface area contributed by atoms with Gasteiger partial charge in [-0.15, -0.1) is 0 Å². The monoisotopic (exact) mass is 335 g/mol. The van der Waals surface area contributed by atoms with Gasteiger partial charge in [-0.2, -0.15) is 0 Å². The molecule has 3 rings (SSSR count). The van der Waals surface area contributed by atoms with Gasteiger partial charge in [-0.25, -0.2) is 4.98 Å². The van der Waals surface area contributed by atoms with E-state index in [0.717, 1.165) is 28.4 Å². The molecule has 0 aliphatic heterocycles. The van der Waals surface area contributed by atoms with E-state index in [2.05, 4.69) is 34.1 Å². The number of anilines is 1. The number of ether oxygens (including phenoxy) is 2. The van der Waals surface area contributed by atoms with Gasteiger partial charge in [0.1, 0.15) is 17.3 Å². The Balaban J connectivity index is 1.83. The van der Waals surface area contributed by atoms with Crippen LogP contribution < -0.4 is 14.4 Å². The molecule has 0 bridgehead atoms. The Morgan fingerprint density at radius 2 is 1.36 bits per heavy atom. The fraction of sp³-hybridized carbons (Fsp3) is 0.190. The SMILES string of the molecule is [2H]c1ccc(N(Cc2ccc(OC)cc2)Cc2ccc(OC)cc2)nc1. The van der Waals surface area contributed by atoms with E-state index in [9.17, 15) is 0 Å². The molecule has 128 valence electrons. The maximum atomic E-state index is 7.66. The van der Waals surface area contributed by atoms with Crippen molar-refractivity contribution in [2.45, 2.75) is 13.1 Å². The number of nitrogens with zero attached hydrogens (tertiary/aromatic N) is 2. The minimum absolute atomic E-state index is 0.405. The summed E-state index contributed by atoms with van der Waals surface area (Å²) in [6, 6.07) is 20.1. The van der Waals surface area contributed by atoms with Crippen LogP contribution in [0.5, 0.6) is 11.5 Å². The molecule has 0 saturated heterocycles. The van der Waals surface area contributed by atoms with Crippen LogP contribution in [0.3, 0.4) is 0 Å². The lowest BCUT2D eigenvalue weighted by atomic mass is 10.1. The molecule has 0 fully saturated rings. The van der Waals surface area contributed by atoms with Crippen molar-refractivity contribution in [2.24, 2.45) is 0 Å². The van der Waals surface area contributed by atoms with Crippen molar-refractivity contribution in [1.82, 2.24) is 4.98 Å². The van der Waals surface area contributed by atoms with Crippen molar-refractivity contribution in [1.29, 1.82) is 0 Å². The van der Waals surface area contributed by atoms with Gasteiger partial charge in [-0.05, 0) is 47.5 Å². The van der Waals surface area contributed by atoms with Crippen LogP contribution in [0.2, 0.25) is 0 Å². The number of pyridine rings is 1. The normalized spacial score (nSPS) is 10.9. The lowest BCUT2D eigenvalue weighted by molar-refractivity contribution is 0.414. The number of benzene rings is 2. The second-order valence-corrected chi connectivity index (χ2v) is 5.67. The molecule has 3 aromatic rings. The summed E-state index contributed by atoms with van der Waals surface area (Å²) in [4.78, 5) is 6.61. The second kappa shape index (κ2) is 8.20. The molecule has 0 amide bonds. The summed E-state index contributed by atoms with van der Waals surface area (Å²) < 4.78 is 18.1. The van der Waals surface area contributed by atoms with E-state index < -0.39 is 0 Å². The molecule has 0 aliphatic carbocycles. The molecule has 0 aliphatic rings. The Morgan fingerprint density at radius 1 is 0.840 bits per heavy atom. The summed E-state index contributed by atoms with van der Waals surface area (Å²) in [7, 11) is 3.33. The van der Waals surface area contributed by atoms with E-state index in [1.54, 1.807) is 26.5 Å². The fourth-order valence-corrected chi connectivity index (χ4v) is 2.62. The van der Waals surface area contributed by atoms with Crippen molar-refractivity contribution >= 4 is 5.82 Å². The predicted molar refractivity (Wildman–Crippen MR) is 100 cm³/mol. The summed E-state index contributed by atoms with van der Waals surface area (Å²) in [5.41, 5.74) is 2.33. The molecule has 4 nitrogen and oxygen atoms in total. The summed E-state index contributed by atoms with van der Waals surface area (Å²) in [5.74, 6) is 2.52. The van der Waals surface area contributed by atoms with Crippen molar-refractivity contribution in [3.63, 3.8) is 0 Å². The lowest BCUT2D eigenvalue weighted by Gasteiger charge is -2.24. The average Bonchev–Trinajstić information content (AvgIpc) is 2.69. The molecule has 0 radical (unpaired) electrons. The standard InChI is InChI=1S/C21H22N2O2/c1-24-19-10-6-17(7-11-19)15-23(21-5-3-4-14-22-21)16-18-8-12-20(25-2)13-9-18/h3-14H,15-16H2,1-2H3/i4D. The van der Waals surface area contributed by atoms with Gasteiger partial charge in [0.05, 0.1) is 15.6 Å². The van der Waals surface area contributed by atoms with Crippen molar-refractivity contribution in [3.8, 4) is 11.5 Å². The van der Waals surface area contributed by atoms with Gasteiger partial charge in [-0.1, -0.05) is 30.3 Å². The highest BCUT2D eigenvalue weighted by Crippen LogP contribution is 2.20. The molecular formula is C21H22N2O2. The predicted octanol–water partition coefficient (Wildman–Crippen LogP) is 4.31. The molecule has 0 N–H and O–H groups in total. The first-order chi connectivity index (χ1) is 12.7. The number of methoxy groups -OCH3 is 2. The second-order valence-electron chi connectivity index (χ2n) is 5.67. The van der Waals surface area contributed by atoms with Crippen LogP contribution in [-0.4, -0.2) is 19.2 Å². The van der Waals surface area contributed by atoms with Crippen molar-refractivity contribution in [3.05, 3.63) is 84.0 Å². The van der Waals surface area contributed by atoms with E-state index in [4.69, 9.17) is 10.8 Å². The van der Waals surface area contributed by atoms with Gasteiger partial charge < -0.3 is 14.4 Å². The van der Waals surface area contributed by atoms with Crippen LogP contribution in [0.1, 0.15) is 12.5 Å². The third-order valence-electron chi connectivity index (χ3n) is 3.99. The highest BCUT2D eigenvalue weighted by molar-refractivity contribution is 5.41. The van der Waals surface area contributed by atoms with Gasteiger partial charge >= 0.3 is 0 Å². The van der Waals surface area contributed by atoms with E-state index in [1.807, 2.05) is 30.3 Å². The van der Waals surface area contributed by atoms with Crippen LogP contribution in [0.4, 0.5) is 5.82 Å². The molecule has 2 aromatic carbocycles. The average molecular weight is 335 g/mol. The quantitative estimate of drug-likeness (QED) is 0.644. The zero-order chi connectivity index (χ0) is 18.4. The summed E-state index contributed by atoms with van der Waals surface area (Å²) >= 11 is 0. The molecule has 0 atom stereocenters. The molecule has 1 aromatic heterocycles. The van der Waals surface area contributed by atoms with Gasteiger partial charge in [-0.3, -0.25) is 0 Å². The first-order valence-corrected chi connectivity index (χ1v) is 8.11. The molecule has 0 saturated carbocycles. The van der Waals surface area contributed by atoms with Gasteiger partial charge in [0.25, 0.3) is 0 Å². The molecule has 0 spiro atoms. The van der Waals surface area contributed by atoms with Crippen LogP contribution >= 0.6 is 0 Å². The lowest BCUT2D eigenvalue weighted by Crippen LogP contribution is -2.23.